The van der Waals surface area contributed by atoms with Gasteiger partial charge >= 0.3 is 47.8 Å². The lowest BCUT2D eigenvalue weighted by Gasteiger charge is -2.24. The molecule has 0 amide bonds. The maximum absolute atomic E-state index is 13.4. The van der Waals surface area contributed by atoms with Crippen LogP contribution < -0.4 is 0 Å². The fraction of sp³-hybridized carbons (Fsp3) is 0.507. The molecule has 2 aliphatic heterocycles. The summed E-state index contributed by atoms with van der Waals surface area (Å²) in [7, 11) is 4.81. The molecule has 0 aromatic heterocycles. The number of methoxy groups -OCH3 is 4. The highest BCUT2D eigenvalue weighted by Crippen LogP contribution is 2.27. The Bertz CT molecular complexity index is 3110. The predicted octanol–water partition coefficient (Wildman–Crippen LogP) is 3.16. The molecule has 0 radical (unpaired) electrons. The van der Waals surface area contributed by atoms with Gasteiger partial charge in [0.05, 0.1) is 79.8 Å². The molecular formula is C69H86O30. The van der Waals surface area contributed by atoms with Gasteiger partial charge in [-0.1, -0.05) is 135 Å². The lowest BCUT2D eigenvalue weighted by atomic mass is 10.00. The zero-order valence-electron chi connectivity index (χ0n) is 56.0. The van der Waals surface area contributed by atoms with Crippen molar-refractivity contribution in [3.8, 4) is 0 Å². The van der Waals surface area contributed by atoms with E-state index in [-0.39, 0.29) is 51.5 Å². The number of Topliss-reactive ketones (excluding diaryl/α,β-unsaturated/α-hetero) is 2. The Morgan fingerprint density at radius 2 is 0.707 bits per heavy atom. The van der Waals surface area contributed by atoms with Gasteiger partial charge in [-0.3, -0.25) is 9.59 Å². The molecule has 2 heterocycles. The predicted molar refractivity (Wildman–Crippen MR) is 339 cm³/mol. The summed E-state index contributed by atoms with van der Waals surface area (Å²) in [6, 6.07) is 33.7. The fourth-order valence-electron chi connectivity index (χ4n) is 8.48. The van der Waals surface area contributed by atoms with E-state index in [1.165, 1.54) is 21.1 Å². The molecule has 6 rings (SSSR count). The minimum Gasteiger partial charge on any atom is -0.467 e. The first-order chi connectivity index (χ1) is 47.8. The first-order valence-corrected chi connectivity index (χ1v) is 31.6. The first-order valence-electron chi connectivity index (χ1n) is 31.6. The van der Waals surface area contributed by atoms with Crippen molar-refractivity contribution in [1.82, 2.24) is 0 Å². The summed E-state index contributed by atoms with van der Waals surface area (Å²) in [6.45, 7) is 1.09. The van der Waals surface area contributed by atoms with Crippen LogP contribution in [0.3, 0.4) is 0 Å². The number of hydrogen-bond donors (Lipinski definition) is 2. The molecule has 0 bridgehead atoms. The molecule has 2 fully saturated rings. The van der Waals surface area contributed by atoms with E-state index in [4.69, 9.17) is 80.9 Å². The van der Waals surface area contributed by atoms with Crippen molar-refractivity contribution in [3.63, 3.8) is 0 Å². The van der Waals surface area contributed by atoms with Crippen LogP contribution >= 0.6 is 0 Å². The third-order valence-electron chi connectivity index (χ3n) is 14.2. The van der Waals surface area contributed by atoms with Gasteiger partial charge in [-0.25, -0.2) is 38.4 Å². The Morgan fingerprint density at radius 3 is 1.00 bits per heavy atom. The largest absolute Gasteiger partial charge is 0.467 e. The van der Waals surface area contributed by atoms with Crippen molar-refractivity contribution in [2.24, 2.45) is 0 Å². The smallest absolute Gasteiger partial charge is 0.337 e. The van der Waals surface area contributed by atoms with Gasteiger partial charge in [0.1, 0.15) is 38.6 Å². The maximum atomic E-state index is 13.4. The van der Waals surface area contributed by atoms with Crippen LogP contribution in [0.1, 0.15) is 77.7 Å². The SMILES string of the molecule is CCC(OCC(OCC(OCC(OC)C(=O)OC)C(=O)OCC1CO1)C(=O)OCC(C)O)C(=O)OC(C(=O)c1ccccc1)c1ccccc1.CCC(OCC(OCC(OCC(OC)C(=O)OC)C(=O)OCC1CO1)C(=O)OCCO)C(=O)OC(C(=O)c1ccccc1)c1ccccc1. The van der Waals surface area contributed by atoms with Crippen molar-refractivity contribution in [3.05, 3.63) is 144 Å². The normalized spacial score (nSPS) is 17.0. The zero-order chi connectivity index (χ0) is 72.1. The Hall–Kier alpha value is -8.50. The number of epoxide rings is 2. The first kappa shape index (κ1) is 81.2. The Morgan fingerprint density at radius 1 is 0.404 bits per heavy atom. The average Bonchev–Trinajstić information content (AvgIpc) is 1.38. The van der Waals surface area contributed by atoms with E-state index >= 15 is 0 Å². The Labute approximate surface area is 571 Å². The minimum atomic E-state index is -1.53. The topological polar surface area (TPSA) is 384 Å². The second-order valence-corrected chi connectivity index (χ2v) is 21.7. The highest BCUT2D eigenvalue weighted by atomic mass is 16.7. The molecule has 4 aromatic carbocycles. The van der Waals surface area contributed by atoms with Crippen molar-refractivity contribution in [2.45, 2.75) is 113 Å². The van der Waals surface area contributed by atoms with Crippen LogP contribution in [0.25, 0.3) is 0 Å². The minimum absolute atomic E-state index is 0.0501. The number of carbonyl (C=O) groups is 10. The summed E-state index contributed by atoms with van der Waals surface area (Å²) in [5.41, 5.74) is 1.56. The summed E-state index contributed by atoms with van der Waals surface area (Å²) < 4.78 is 95.6. The summed E-state index contributed by atoms with van der Waals surface area (Å²) >= 11 is 0. The molecule has 13 unspecified atom stereocenters. The van der Waals surface area contributed by atoms with Crippen LogP contribution in [-0.4, -0.2) is 251 Å². The van der Waals surface area contributed by atoms with Crippen molar-refractivity contribution >= 4 is 59.3 Å². The Kier molecular flexibility index (Phi) is 36.5. The van der Waals surface area contributed by atoms with Crippen LogP contribution in [0.15, 0.2) is 121 Å². The van der Waals surface area contributed by atoms with Gasteiger partial charge in [0.2, 0.25) is 11.6 Å². The van der Waals surface area contributed by atoms with Crippen LogP contribution in [0.5, 0.6) is 0 Å². The van der Waals surface area contributed by atoms with E-state index in [0.717, 1.165) is 14.2 Å². The van der Waals surface area contributed by atoms with Gasteiger partial charge in [-0.15, -0.1) is 0 Å². The number of hydrogen-bond acceptors (Lipinski definition) is 30. The third-order valence-corrected chi connectivity index (χ3v) is 14.2. The molecular weight excluding hydrogens is 1310 g/mol. The van der Waals surface area contributed by atoms with E-state index < -0.39 is 173 Å². The van der Waals surface area contributed by atoms with Crippen LogP contribution in [0.2, 0.25) is 0 Å². The molecule has 4 aromatic rings. The van der Waals surface area contributed by atoms with Gasteiger partial charge in [0.25, 0.3) is 0 Å². The molecule has 2 N–H and O–H groups in total. The molecule has 2 aliphatic rings. The van der Waals surface area contributed by atoms with Crippen LogP contribution in [0.4, 0.5) is 0 Å². The van der Waals surface area contributed by atoms with Crippen molar-refractivity contribution in [2.75, 3.05) is 114 Å². The number of aliphatic hydroxyl groups is 2. The van der Waals surface area contributed by atoms with Gasteiger partial charge in [-0.2, -0.15) is 0 Å². The van der Waals surface area contributed by atoms with E-state index in [9.17, 15) is 53.1 Å². The van der Waals surface area contributed by atoms with E-state index in [1.807, 2.05) is 0 Å². The van der Waals surface area contributed by atoms with E-state index in [0.29, 0.717) is 35.5 Å². The quantitative estimate of drug-likeness (QED) is 0.0278. The van der Waals surface area contributed by atoms with Gasteiger partial charge in [-0.05, 0) is 19.8 Å². The Balaban J connectivity index is 0.000000357. The molecule has 0 aliphatic carbocycles. The number of esters is 8. The van der Waals surface area contributed by atoms with Gasteiger partial charge in [0.15, 0.2) is 61.0 Å². The standard InChI is InChI=1S/C35H44O15.C34H42O15/c1-5-26(35(41)50-31(24-14-10-7-11-15-24)30(37)23-12-8-6-9-13-23)45-20-28(33(39)48-16-22(2)36)47-21-29(34(40)49-18-25-17-44-25)46-19-27(42-3)32(38)43-4;1-4-25(34(40)49-30(23-13-9-6-10-14-23)29(36)22-11-7-5-8-12-22)45-20-27(32(38)43-16-15-35)47-21-28(33(39)48-18-24-17-44-24)46-19-26(41-2)31(37)42-3/h6-15,22,25-29,31,36H,5,16-21H2,1-4H3;5-14,24-28,30,35H,4,15-21H2,1-3H3. The molecule has 30 heteroatoms. The van der Waals surface area contributed by atoms with E-state index in [1.54, 1.807) is 135 Å². The lowest BCUT2D eigenvalue weighted by molar-refractivity contribution is -0.183. The van der Waals surface area contributed by atoms with Crippen molar-refractivity contribution in [1.29, 1.82) is 0 Å². The molecule has 99 heavy (non-hydrogen) atoms. The molecule has 542 valence electrons. The highest BCUT2D eigenvalue weighted by molar-refractivity contribution is 6.02. The number of benzene rings is 4. The summed E-state index contributed by atoms with van der Waals surface area (Å²) in [4.78, 5) is 129. The lowest BCUT2D eigenvalue weighted by Crippen LogP contribution is -2.42. The molecule has 0 spiro atoms. The number of ketones is 2. The summed E-state index contributed by atoms with van der Waals surface area (Å²) in [5.74, 6) is -7.83. The van der Waals surface area contributed by atoms with Crippen molar-refractivity contribution < 1.29 is 143 Å². The molecule has 30 nitrogen and oxygen atoms in total. The van der Waals surface area contributed by atoms with Crippen LogP contribution in [0, 0.1) is 0 Å². The second-order valence-electron chi connectivity index (χ2n) is 21.7. The number of ether oxygens (including phenoxy) is 18. The fourth-order valence-corrected chi connectivity index (χ4v) is 8.48. The molecule has 2 saturated heterocycles. The number of carbonyl (C=O) groups excluding carboxylic acids is 10. The average molecular weight is 1400 g/mol. The van der Waals surface area contributed by atoms with Crippen LogP contribution in [-0.2, 0) is 124 Å². The maximum Gasteiger partial charge on any atom is 0.337 e. The van der Waals surface area contributed by atoms with Gasteiger partial charge in [0, 0.05) is 36.5 Å². The van der Waals surface area contributed by atoms with Gasteiger partial charge < -0.3 is 95.5 Å². The summed E-state index contributed by atoms with van der Waals surface area (Å²) in [6.07, 6.45) is -14.7. The number of aliphatic hydroxyl groups excluding tert-OH is 2. The third kappa shape index (κ3) is 28.7. The monoisotopic (exact) mass is 1390 g/mol. The zero-order valence-corrected chi connectivity index (χ0v) is 56.0. The number of rotatable bonds is 46. The molecule has 0 saturated carbocycles. The summed E-state index contributed by atoms with van der Waals surface area (Å²) in [5, 5.41) is 18.8. The second kappa shape index (κ2) is 44.5. The molecule has 13 atom stereocenters. The van der Waals surface area contributed by atoms with E-state index in [2.05, 4.69) is 9.47 Å². The highest BCUT2D eigenvalue weighted by Gasteiger charge is 2.37.